The molecule has 2 fully saturated rings. The highest BCUT2D eigenvalue weighted by Crippen LogP contribution is 2.42. The van der Waals surface area contributed by atoms with E-state index in [-0.39, 0.29) is 11.1 Å². The van der Waals surface area contributed by atoms with Crippen LogP contribution in [0.15, 0.2) is 0 Å². The van der Waals surface area contributed by atoms with E-state index in [0.717, 1.165) is 13.1 Å². The van der Waals surface area contributed by atoms with Crippen LogP contribution in [0.2, 0.25) is 0 Å². The summed E-state index contributed by atoms with van der Waals surface area (Å²) in [6.45, 7) is 7.92. The summed E-state index contributed by atoms with van der Waals surface area (Å²) in [5.74, 6) is 0.683. The van der Waals surface area contributed by atoms with Gasteiger partial charge in [0.25, 0.3) is 0 Å². The molecule has 0 bridgehead atoms. The highest BCUT2D eigenvalue weighted by molar-refractivity contribution is 5.00. The fraction of sp³-hybridized carbons (Fsp3) is 1.00. The average Bonchev–Trinajstić information content (AvgIpc) is 2.57. The normalized spacial score (nSPS) is 35.6. The van der Waals surface area contributed by atoms with Crippen LogP contribution in [0.3, 0.4) is 0 Å². The first-order valence-corrected chi connectivity index (χ1v) is 9.24. The lowest BCUT2D eigenvalue weighted by atomic mass is 9.68. The van der Waals surface area contributed by atoms with E-state index < -0.39 is 0 Å². The lowest BCUT2D eigenvalue weighted by Crippen LogP contribution is -2.64. The quantitative estimate of drug-likeness (QED) is 0.727. The summed E-state index contributed by atoms with van der Waals surface area (Å²) in [5, 5.41) is 7.33. The first-order chi connectivity index (χ1) is 9.97. The van der Waals surface area contributed by atoms with Gasteiger partial charge in [0.2, 0.25) is 0 Å². The SMILES string of the molecule is CC(C)C1CCC(N)(C2(C)CCCCCCCC2)NCN1. The lowest BCUT2D eigenvalue weighted by molar-refractivity contribution is 0.0721. The van der Waals surface area contributed by atoms with E-state index in [0.29, 0.717) is 12.0 Å². The molecule has 3 nitrogen and oxygen atoms in total. The molecule has 21 heavy (non-hydrogen) atoms. The molecule has 0 amide bonds. The van der Waals surface area contributed by atoms with Gasteiger partial charge in [-0.3, -0.25) is 5.32 Å². The summed E-state index contributed by atoms with van der Waals surface area (Å²) in [4.78, 5) is 0. The van der Waals surface area contributed by atoms with Crippen molar-refractivity contribution in [2.75, 3.05) is 6.67 Å². The zero-order valence-electron chi connectivity index (χ0n) is 14.5. The number of hydrogen-bond donors (Lipinski definition) is 3. The molecule has 2 aliphatic rings. The maximum absolute atomic E-state index is 6.95. The molecule has 0 aromatic carbocycles. The number of nitrogens with two attached hydrogens (primary N) is 1. The van der Waals surface area contributed by atoms with E-state index in [4.69, 9.17) is 5.73 Å². The Morgan fingerprint density at radius 1 is 0.952 bits per heavy atom. The van der Waals surface area contributed by atoms with Gasteiger partial charge in [-0.15, -0.1) is 0 Å². The van der Waals surface area contributed by atoms with Crippen molar-refractivity contribution in [1.82, 2.24) is 10.6 Å². The predicted molar refractivity (Wildman–Crippen MR) is 91.0 cm³/mol. The van der Waals surface area contributed by atoms with Crippen molar-refractivity contribution in [3.8, 4) is 0 Å². The molecule has 2 rings (SSSR count). The van der Waals surface area contributed by atoms with E-state index in [2.05, 4.69) is 31.4 Å². The monoisotopic (exact) mass is 295 g/mol. The highest BCUT2D eigenvalue weighted by atomic mass is 15.2. The second kappa shape index (κ2) is 7.43. The van der Waals surface area contributed by atoms with E-state index >= 15 is 0 Å². The van der Waals surface area contributed by atoms with Crippen LogP contribution in [-0.2, 0) is 0 Å². The highest BCUT2D eigenvalue weighted by Gasteiger charge is 2.45. The van der Waals surface area contributed by atoms with Gasteiger partial charge in [-0.05, 0) is 37.0 Å². The molecule has 2 atom stereocenters. The Morgan fingerprint density at radius 3 is 2.10 bits per heavy atom. The molecular formula is C18H37N3. The van der Waals surface area contributed by atoms with Gasteiger partial charge in [0.15, 0.2) is 0 Å². The Balaban J connectivity index is 2.07. The molecule has 1 heterocycles. The third kappa shape index (κ3) is 4.20. The molecule has 0 aromatic heterocycles. The largest absolute Gasteiger partial charge is 0.313 e. The van der Waals surface area contributed by atoms with Crippen LogP contribution in [0.5, 0.6) is 0 Å². The van der Waals surface area contributed by atoms with E-state index in [9.17, 15) is 0 Å². The second-order valence-electron chi connectivity index (χ2n) is 8.10. The van der Waals surface area contributed by atoms with E-state index in [1.807, 2.05) is 0 Å². The van der Waals surface area contributed by atoms with Crippen molar-refractivity contribution in [2.45, 2.75) is 96.7 Å². The number of nitrogens with one attached hydrogen (secondary N) is 2. The Hall–Kier alpha value is -0.120. The third-order valence-electron chi connectivity index (χ3n) is 6.21. The molecule has 0 aromatic rings. The van der Waals surface area contributed by atoms with Crippen LogP contribution in [-0.4, -0.2) is 18.4 Å². The van der Waals surface area contributed by atoms with Crippen LogP contribution in [0, 0.1) is 11.3 Å². The first-order valence-electron chi connectivity index (χ1n) is 9.24. The van der Waals surface area contributed by atoms with Gasteiger partial charge in [-0.1, -0.05) is 59.3 Å². The molecule has 124 valence electrons. The number of rotatable bonds is 2. The third-order valence-corrected chi connectivity index (χ3v) is 6.21. The van der Waals surface area contributed by atoms with E-state index in [1.54, 1.807) is 0 Å². The van der Waals surface area contributed by atoms with Crippen LogP contribution in [0.4, 0.5) is 0 Å². The standard InChI is InChI=1S/C18H37N3/c1-15(2)16-10-13-18(19,21-14-20-16)17(3)11-8-6-4-5-7-9-12-17/h15-16,20-21H,4-14,19H2,1-3H3. The summed E-state index contributed by atoms with van der Waals surface area (Å²) in [6.07, 6.45) is 13.1. The van der Waals surface area contributed by atoms with Crippen LogP contribution < -0.4 is 16.4 Å². The molecule has 1 saturated heterocycles. The van der Waals surface area contributed by atoms with Gasteiger partial charge < -0.3 is 11.1 Å². The molecule has 4 N–H and O–H groups in total. The topological polar surface area (TPSA) is 50.1 Å². The summed E-state index contributed by atoms with van der Waals surface area (Å²) in [7, 11) is 0. The van der Waals surface area contributed by atoms with Crippen LogP contribution in [0.25, 0.3) is 0 Å². The smallest absolute Gasteiger partial charge is 0.0727 e. The fourth-order valence-corrected chi connectivity index (χ4v) is 4.31. The summed E-state index contributed by atoms with van der Waals surface area (Å²) >= 11 is 0. The summed E-state index contributed by atoms with van der Waals surface area (Å²) in [5.41, 5.74) is 6.99. The van der Waals surface area contributed by atoms with Gasteiger partial charge in [-0.2, -0.15) is 0 Å². The zero-order chi connectivity index (χ0) is 15.3. The van der Waals surface area contributed by atoms with Crippen molar-refractivity contribution in [3.05, 3.63) is 0 Å². The molecule has 3 heteroatoms. The Kier molecular flexibility index (Phi) is 6.10. The first kappa shape index (κ1) is 17.2. The lowest BCUT2D eigenvalue weighted by Gasteiger charge is -2.47. The van der Waals surface area contributed by atoms with Crippen molar-refractivity contribution in [2.24, 2.45) is 17.1 Å². The predicted octanol–water partition coefficient (Wildman–Crippen LogP) is 3.74. The zero-order valence-corrected chi connectivity index (χ0v) is 14.5. The maximum Gasteiger partial charge on any atom is 0.0727 e. The molecule has 1 aliphatic heterocycles. The average molecular weight is 296 g/mol. The van der Waals surface area contributed by atoms with Crippen LogP contribution >= 0.6 is 0 Å². The minimum Gasteiger partial charge on any atom is -0.313 e. The van der Waals surface area contributed by atoms with Crippen molar-refractivity contribution >= 4 is 0 Å². The Morgan fingerprint density at radius 2 is 1.52 bits per heavy atom. The molecule has 1 aliphatic carbocycles. The van der Waals surface area contributed by atoms with Crippen LogP contribution in [0.1, 0.15) is 85.0 Å². The fourth-order valence-electron chi connectivity index (χ4n) is 4.31. The number of hydrogen-bond acceptors (Lipinski definition) is 3. The molecule has 1 saturated carbocycles. The second-order valence-corrected chi connectivity index (χ2v) is 8.10. The van der Waals surface area contributed by atoms with Crippen molar-refractivity contribution in [3.63, 3.8) is 0 Å². The van der Waals surface area contributed by atoms with E-state index in [1.165, 1.54) is 57.8 Å². The molecular weight excluding hydrogens is 258 g/mol. The van der Waals surface area contributed by atoms with Gasteiger partial charge in [0.1, 0.15) is 0 Å². The minimum atomic E-state index is -0.200. The van der Waals surface area contributed by atoms with Crippen molar-refractivity contribution < 1.29 is 0 Å². The minimum absolute atomic E-state index is 0.200. The Bertz CT molecular complexity index is 306. The molecule has 2 unspecified atom stereocenters. The summed E-state index contributed by atoms with van der Waals surface area (Å²) < 4.78 is 0. The van der Waals surface area contributed by atoms with Crippen molar-refractivity contribution in [1.29, 1.82) is 0 Å². The van der Waals surface area contributed by atoms with Gasteiger partial charge >= 0.3 is 0 Å². The maximum atomic E-state index is 6.95. The molecule has 0 spiro atoms. The van der Waals surface area contributed by atoms with Gasteiger partial charge in [-0.25, -0.2) is 0 Å². The Labute approximate surface area is 131 Å². The van der Waals surface area contributed by atoms with Gasteiger partial charge in [0.05, 0.1) is 5.66 Å². The van der Waals surface area contributed by atoms with Gasteiger partial charge in [0, 0.05) is 12.7 Å². The summed E-state index contributed by atoms with van der Waals surface area (Å²) in [6, 6.07) is 0.600. The molecule has 0 radical (unpaired) electrons.